The summed E-state index contributed by atoms with van der Waals surface area (Å²) in [5, 5.41) is 22.7. The molecule has 0 aromatic heterocycles. The van der Waals surface area contributed by atoms with E-state index in [1.807, 2.05) is 0 Å². The Bertz CT molecular complexity index is 350. The molecule has 3 atom stereocenters. The summed E-state index contributed by atoms with van der Waals surface area (Å²) in [6.45, 7) is 1.46. The summed E-state index contributed by atoms with van der Waals surface area (Å²) >= 11 is 0. The van der Waals surface area contributed by atoms with E-state index in [1.54, 1.807) is 0 Å². The molecule has 4 N–H and O–H groups in total. The first kappa shape index (κ1) is 14.1. The standard InChI is InChI=1S/C12H21N3O4/c16-7-9(11(17)18)14-12(19)13-8-4-6-15-5-2-1-3-10(8)15/h8-10,16H,1-7H2,(H,17,18)(H2,13,14,19)/t8?,9-,10?/m1/s1. The fraction of sp³-hybridized carbons (Fsp3) is 0.833. The monoisotopic (exact) mass is 271 g/mol. The molecule has 7 nitrogen and oxygen atoms in total. The van der Waals surface area contributed by atoms with E-state index in [0.29, 0.717) is 6.04 Å². The van der Waals surface area contributed by atoms with Crippen molar-refractivity contribution >= 4 is 12.0 Å². The third-order valence-electron chi connectivity index (χ3n) is 3.96. The molecule has 2 aliphatic heterocycles. The summed E-state index contributed by atoms with van der Waals surface area (Å²) in [5.74, 6) is -1.23. The zero-order valence-electron chi connectivity index (χ0n) is 10.8. The molecule has 0 aromatic rings. The predicted octanol–water partition coefficient (Wildman–Crippen LogP) is -0.642. The molecule has 108 valence electrons. The second-order valence-corrected chi connectivity index (χ2v) is 5.19. The molecule has 2 heterocycles. The van der Waals surface area contributed by atoms with Crippen molar-refractivity contribution in [2.75, 3.05) is 19.7 Å². The van der Waals surface area contributed by atoms with Crippen molar-refractivity contribution in [3.05, 3.63) is 0 Å². The molecule has 0 aromatic carbocycles. The molecule has 2 fully saturated rings. The smallest absolute Gasteiger partial charge is 0.328 e. The average molecular weight is 271 g/mol. The third kappa shape index (κ3) is 3.36. The molecule has 2 rings (SSSR count). The van der Waals surface area contributed by atoms with Gasteiger partial charge in [-0.3, -0.25) is 4.90 Å². The van der Waals surface area contributed by atoms with Gasteiger partial charge in [0, 0.05) is 18.6 Å². The molecular weight excluding hydrogens is 250 g/mol. The topological polar surface area (TPSA) is 102 Å². The SMILES string of the molecule is O=C(NC1CCN2CCCCC12)N[C@H](CO)C(=O)O. The number of carboxylic acids is 1. The van der Waals surface area contributed by atoms with Crippen molar-refractivity contribution in [3.63, 3.8) is 0 Å². The van der Waals surface area contributed by atoms with E-state index in [9.17, 15) is 9.59 Å². The lowest BCUT2D eigenvalue weighted by atomic mass is 9.99. The van der Waals surface area contributed by atoms with Crippen LogP contribution in [0.4, 0.5) is 4.79 Å². The molecule has 2 amide bonds. The molecule has 7 heteroatoms. The number of carboxylic acid groups (broad SMARTS) is 1. The minimum Gasteiger partial charge on any atom is -0.480 e. The number of nitrogens with zero attached hydrogens (tertiary/aromatic N) is 1. The van der Waals surface area contributed by atoms with Gasteiger partial charge in [0.15, 0.2) is 6.04 Å². The maximum Gasteiger partial charge on any atom is 0.328 e. The molecule has 0 radical (unpaired) electrons. The Hall–Kier alpha value is -1.34. The molecule has 0 saturated carbocycles. The lowest BCUT2D eigenvalue weighted by Crippen LogP contribution is -2.53. The minimum absolute atomic E-state index is 0.0773. The van der Waals surface area contributed by atoms with Gasteiger partial charge in [0.1, 0.15) is 0 Å². The summed E-state index contributed by atoms with van der Waals surface area (Å²) < 4.78 is 0. The van der Waals surface area contributed by atoms with Gasteiger partial charge >= 0.3 is 12.0 Å². The number of aliphatic hydroxyl groups is 1. The second-order valence-electron chi connectivity index (χ2n) is 5.19. The highest BCUT2D eigenvalue weighted by molar-refractivity contribution is 5.82. The van der Waals surface area contributed by atoms with Crippen LogP contribution in [0.3, 0.4) is 0 Å². The fourth-order valence-corrected chi connectivity index (χ4v) is 2.97. The first-order valence-electron chi connectivity index (χ1n) is 6.76. The van der Waals surface area contributed by atoms with Crippen molar-refractivity contribution in [1.29, 1.82) is 0 Å². The number of fused-ring (bicyclic) bond motifs is 1. The van der Waals surface area contributed by atoms with Gasteiger partial charge in [0.25, 0.3) is 0 Å². The van der Waals surface area contributed by atoms with Gasteiger partial charge in [0.2, 0.25) is 0 Å². The number of aliphatic carboxylic acids is 1. The van der Waals surface area contributed by atoms with Crippen LogP contribution in [0.15, 0.2) is 0 Å². The van der Waals surface area contributed by atoms with Crippen LogP contribution in [0, 0.1) is 0 Å². The molecule has 19 heavy (non-hydrogen) atoms. The van der Waals surface area contributed by atoms with Crippen LogP contribution in [-0.4, -0.2) is 64.9 Å². The van der Waals surface area contributed by atoms with E-state index in [4.69, 9.17) is 10.2 Å². The number of rotatable bonds is 4. The molecule has 2 aliphatic rings. The van der Waals surface area contributed by atoms with Crippen molar-refractivity contribution in [2.24, 2.45) is 0 Å². The van der Waals surface area contributed by atoms with Crippen molar-refractivity contribution in [3.8, 4) is 0 Å². The number of amides is 2. The lowest BCUT2D eigenvalue weighted by molar-refractivity contribution is -0.140. The van der Waals surface area contributed by atoms with E-state index < -0.39 is 24.6 Å². The van der Waals surface area contributed by atoms with Gasteiger partial charge in [-0.1, -0.05) is 6.42 Å². The summed E-state index contributed by atoms with van der Waals surface area (Å²) in [5.41, 5.74) is 0. The molecular formula is C12H21N3O4. The molecule has 0 aliphatic carbocycles. The highest BCUT2D eigenvalue weighted by Crippen LogP contribution is 2.26. The van der Waals surface area contributed by atoms with Gasteiger partial charge < -0.3 is 20.8 Å². The van der Waals surface area contributed by atoms with Crippen LogP contribution in [-0.2, 0) is 4.79 Å². The van der Waals surface area contributed by atoms with E-state index in [0.717, 1.165) is 25.9 Å². The van der Waals surface area contributed by atoms with Crippen molar-refractivity contribution < 1.29 is 19.8 Å². The minimum atomic E-state index is -1.25. The van der Waals surface area contributed by atoms with Crippen LogP contribution in [0.5, 0.6) is 0 Å². The first-order chi connectivity index (χ1) is 9.11. The van der Waals surface area contributed by atoms with Crippen LogP contribution in [0.25, 0.3) is 0 Å². The van der Waals surface area contributed by atoms with Gasteiger partial charge in [-0.2, -0.15) is 0 Å². The molecule has 0 spiro atoms. The molecule has 0 bridgehead atoms. The van der Waals surface area contributed by atoms with Crippen LogP contribution in [0.1, 0.15) is 25.7 Å². The Balaban J connectivity index is 1.83. The van der Waals surface area contributed by atoms with Crippen LogP contribution in [0.2, 0.25) is 0 Å². The van der Waals surface area contributed by atoms with Crippen molar-refractivity contribution in [2.45, 2.75) is 43.8 Å². The Morgan fingerprint density at radius 1 is 1.26 bits per heavy atom. The average Bonchev–Trinajstić information content (AvgIpc) is 2.79. The molecule has 2 saturated heterocycles. The number of carbonyl (C=O) groups is 2. The Morgan fingerprint density at radius 3 is 2.74 bits per heavy atom. The van der Waals surface area contributed by atoms with Crippen molar-refractivity contribution in [1.82, 2.24) is 15.5 Å². The van der Waals surface area contributed by atoms with E-state index >= 15 is 0 Å². The normalized spacial score (nSPS) is 28.5. The predicted molar refractivity (Wildman–Crippen MR) is 67.8 cm³/mol. The number of carbonyl (C=O) groups excluding carboxylic acids is 1. The van der Waals surface area contributed by atoms with E-state index in [2.05, 4.69) is 15.5 Å². The summed E-state index contributed by atoms with van der Waals surface area (Å²) in [4.78, 5) is 24.8. The zero-order chi connectivity index (χ0) is 13.8. The number of piperidine rings is 1. The Kier molecular flexibility index (Phi) is 4.60. The maximum absolute atomic E-state index is 11.7. The maximum atomic E-state index is 11.7. The van der Waals surface area contributed by atoms with Gasteiger partial charge in [-0.15, -0.1) is 0 Å². The van der Waals surface area contributed by atoms with E-state index in [-0.39, 0.29) is 6.04 Å². The summed E-state index contributed by atoms with van der Waals surface area (Å²) in [7, 11) is 0. The quantitative estimate of drug-likeness (QED) is 0.544. The zero-order valence-corrected chi connectivity index (χ0v) is 10.8. The Labute approximate surface area is 112 Å². The number of urea groups is 1. The van der Waals surface area contributed by atoms with Crippen LogP contribution < -0.4 is 10.6 Å². The van der Waals surface area contributed by atoms with E-state index in [1.165, 1.54) is 12.8 Å². The van der Waals surface area contributed by atoms with Gasteiger partial charge in [-0.05, 0) is 25.8 Å². The lowest BCUT2D eigenvalue weighted by Gasteiger charge is -2.32. The molecule has 2 unspecified atom stereocenters. The number of aliphatic hydroxyl groups excluding tert-OH is 1. The van der Waals surface area contributed by atoms with Gasteiger partial charge in [0.05, 0.1) is 6.61 Å². The number of nitrogens with one attached hydrogen (secondary N) is 2. The highest BCUT2D eigenvalue weighted by Gasteiger charge is 2.36. The Morgan fingerprint density at radius 2 is 2.05 bits per heavy atom. The summed E-state index contributed by atoms with van der Waals surface area (Å²) in [6, 6.07) is -1.31. The van der Waals surface area contributed by atoms with Crippen LogP contribution >= 0.6 is 0 Å². The fourth-order valence-electron chi connectivity index (χ4n) is 2.97. The number of hydrogen-bond donors (Lipinski definition) is 4. The summed E-state index contributed by atoms with van der Waals surface area (Å²) in [6.07, 6.45) is 4.36. The number of hydrogen-bond acceptors (Lipinski definition) is 4. The highest BCUT2D eigenvalue weighted by atomic mass is 16.4. The third-order valence-corrected chi connectivity index (χ3v) is 3.96. The van der Waals surface area contributed by atoms with Gasteiger partial charge in [-0.25, -0.2) is 9.59 Å². The second kappa shape index (κ2) is 6.21. The first-order valence-corrected chi connectivity index (χ1v) is 6.76. The largest absolute Gasteiger partial charge is 0.480 e.